The van der Waals surface area contributed by atoms with Crippen LogP contribution in [0.2, 0.25) is 0 Å². The number of allylic oxidation sites excluding steroid dienone is 1. The quantitative estimate of drug-likeness (QED) is 0.882. The number of hydrogen-bond acceptors (Lipinski definition) is 2. The third-order valence-electron chi connectivity index (χ3n) is 4.90. The molecule has 0 radical (unpaired) electrons. The molecule has 0 atom stereocenters. The minimum absolute atomic E-state index is 0.00862. The van der Waals surface area contributed by atoms with Gasteiger partial charge in [0.1, 0.15) is 0 Å². The number of nitrogens with one attached hydrogen (secondary N) is 2. The lowest BCUT2D eigenvalue weighted by Crippen LogP contribution is -2.51. The molecule has 0 unspecified atom stereocenters. The van der Waals surface area contributed by atoms with E-state index in [0.717, 1.165) is 16.7 Å². The average molecular weight is 343 g/mol. The number of likely N-dealkylation sites (tertiary alicyclic amines) is 1. The van der Waals surface area contributed by atoms with Gasteiger partial charge in [0.05, 0.1) is 5.54 Å². The van der Waals surface area contributed by atoms with Gasteiger partial charge in [0.2, 0.25) is 5.91 Å². The fourth-order valence-electron chi connectivity index (χ4n) is 3.14. The molecule has 1 saturated heterocycles. The summed E-state index contributed by atoms with van der Waals surface area (Å²) in [5.74, 6) is 0.0753. The normalized spacial score (nSPS) is 15.6. The Kier molecular flexibility index (Phi) is 5.88. The van der Waals surface area contributed by atoms with Gasteiger partial charge in [-0.3, -0.25) is 4.79 Å². The van der Waals surface area contributed by atoms with Crippen molar-refractivity contribution in [3.8, 4) is 0 Å². The molecule has 1 heterocycles. The minimum atomic E-state index is -0.486. The minimum Gasteiger partial charge on any atom is -0.359 e. The molecule has 1 aromatic rings. The van der Waals surface area contributed by atoms with E-state index in [-0.39, 0.29) is 17.9 Å². The van der Waals surface area contributed by atoms with Crippen molar-refractivity contribution in [3.63, 3.8) is 0 Å². The van der Waals surface area contributed by atoms with Gasteiger partial charge in [0, 0.05) is 26.1 Å². The largest absolute Gasteiger partial charge is 0.359 e. The van der Waals surface area contributed by atoms with Gasteiger partial charge in [-0.25, -0.2) is 4.79 Å². The standard InChI is InChI=1S/C20H29N3O2/c1-14(2)16-7-6-8-17(13-16)20(3,4)22-19(25)23-11-9-15(10-12-23)18(24)21-5/h6-8,13,15H,1,9-12H2,2-5H3,(H,21,24)(H,22,25). The number of carbonyl (C=O) groups is 2. The second-order valence-corrected chi connectivity index (χ2v) is 7.29. The van der Waals surface area contributed by atoms with E-state index in [1.807, 2.05) is 39.0 Å². The highest BCUT2D eigenvalue weighted by molar-refractivity contribution is 5.79. The van der Waals surface area contributed by atoms with Crippen molar-refractivity contribution < 1.29 is 9.59 Å². The molecule has 1 aromatic carbocycles. The predicted octanol–water partition coefficient (Wildman–Crippen LogP) is 3.12. The second kappa shape index (κ2) is 7.72. The molecule has 0 spiro atoms. The summed E-state index contributed by atoms with van der Waals surface area (Å²) in [4.78, 5) is 26.2. The van der Waals surface area contributed by atoms with E-state index in [9.17, 15) is 9.59 Å². The van der Waals surface area contributed by atoms with E-state index in [1.165, 1.54) is 0 Å². The lowest BCUT2D eigenvalue weighted by atomic mass is 9.91. The third kappa shape index (κ3) is 4.62. The van der Waals surface area contributed by atoms with Crippen LogP contribution in [0.25, 0.3) is 5.57 Å². The number of urea groups is 1. The number of amides is 3. The molecule has 25 heavy (non-hydrogen) atoms. The van der Waals surface area contributed by atoms with E-state index in [1.54, 1.807) is 11.9 Å². The first-order valence-electron chi connectivity index (χ1n) is 8.79. The Balaban J connectivity index is 2.01. The van der Waals surface area contributed by atoms with Crippen LogP contribution >= 0.6 is 0 Å². The van der Waals surface area contributed by atoms with E-state index >= 15 is 0 Å². The summed E-state index contributed by atoms with van der Waals surface area (Å²) in [5, 5.41) is 5.81. The van der Waals surface area contributed by atoms with Gasteiger partial charge in [-0.2, -0.15) is 0 Å². The first-order valence-corrected chi connectivity index (χ1v) is 8.79. The fraction of sp³-hybridized carbons (Fsp3) is 0.500. The Morgan fingerprint density at radius 1 is 1.24 bits per heavy atom. The smallest absolute Gasteiger partial charge is 0.318 e. The van der Waals surface area contributed by atoms with Gasteiger partial charge in [0.15, 0.2) is 0 Å². The van der Waals surface area contributed by atoms with Crippen molar-refractivity contribution in [2.24, 2.45) is 5.92 Å². The molecule has 0 bridgehead atoms. The van der Waals surface area contributed by atoms with E-state index in [2.05, 4.69) is 23.3 Å². The van der Waals surface area contributed by atoms with E-state index in [4.69, 9.17) is 0 Å². The Hall–Kier alpha value is -2.30. The molecule has 2 N–H and O–H groups in total. The number of benzene rings is 1. The number of rotatable bonds is 4. The summed E-state index contributed by atoms with van der Waals surface area (Å²) in [5.41, 5.74) is 2.63. The van der Waals surface area contributed by atoms with Crippen LogP contribution in [0.4, 0.5) is 4.79 Å². The maximum Gasteiger partial charge on any atom is 0.318 e. The van der Waals surface area contributed by atoms with Crippen LogP contribution in [-0.2, 0) is 10.3 Å². The van der Waals surface area contributed by atoms with Crippen molar-refractivity contribution >= 4 is 17.5 Å². The molecule has 0 saturated carbocycles. The van der Waals surface area contributed by atoms with Crippen LogP contribution in [0, 0.1) is 5.92 Å². The number of piperidine rings is 1. The molecule has 3 amide bonds. The van der Waals surface area contributed by atoms with Crippen molar-refractivity contribution in [1.82, 2.24) is 15.5 Å². The SMILES string of the molecule is C=C(C)c1cccc(C(C)(C)NC(=O)N2CCC(C(=O)NC)CC2)c1. The van der Waals surface area contributed by atoms with Gasteiger partial charge < -0.3 is 15.5 Å². The summed E-state index contributed by atoms with van der Waals surface area (Å²) < 4.78 is 0. The van der Waals surface area contributed by atoms with Crippen LogP contribution in [0.15, 0.2) is 30.8 Å². The van der Waals surface area contributed by atoms with Crippen molar-refractivity contribution in [2.45, 2.75) is 39.2 Å². The van der Waals surface area contributed by atoms with Gasteiger partial charge in [0.25, 0.3) is 0 Å². The molecule has 0 aromatic heterocycles. The molecule has 136 valence electrons. The topological polar surface area (TPSA) is 61.4 Å². The van der Waals surface area contributed by atoms with Crippen molar-refractivity contribution in [1.29, 1.82) is 0 Å². The molecular weight excluding hydrogens is 314 g/mol. The maximum absolute atomic E-state index is 12.6. The van der Waals surface area contributed by atoms with Gasteiger partial charge in [-0.15, -0.1) is 0 Å². The summed E-state index contributed by atoms with van der Waals surface area (Å²) >= 11 is 0. The van der Waals surface area contributed by atoms with Crippen LogP contribution in [0.3, 0.4) is 0 Å². The van der Waals surface area contributed by atoms with Crippen LogP contribution in [0.1, 0.15) is 44.7 Å². The number of hydrogen-bond donors (Lipinski definition) is 2. The molecule has 2 rings (SSSR count). The van der Waals surface area contributed by atoms with E-state index < -0.39 is 5.54 Å². The van der Waals surface area contributed by atoms with Crippen LogP contribution < -0.4 is 10.6 Å². The number of carbonyl (C=O) groups excluding carboxylic acids is 2. The zero-order chi connectivity index (χ0) is 18.6. The Morgan fingerprint density at radius 2 is 1.88 bits per heavy atom. The Bertz CT molecular complexity index is 659. The highest BCUT2D eigenvalue weighted by Crippen LogP contribution is 2.24. The zero-order valence-corrected chi connectivity index (χ0v) is 15.7. The highest BCUT2D eigenvalue weighted by atomic mass is 16.2. The fourth-order valence-corrected chi connectivity index (χ4v) is 3.14. The van der Waals surface area contributed by atoms with Gasteiger partial charge >= 0.3 is 6.03 Å². The molecule has 1 aliphatic heterocycles. The van der Waals surface area contributed by atoms with Gasteiger partial charge in [-0.05, 0) is 50.8 Å². The third-order valence-corrected chi connectivity index (χ3v) is 4.90. The van der Waals surface area contributed by atoms with Crippen LogP contribution in [-0.4, -0.2) is 37.0 Å². The lowest BCUT2D eigenvalue weighted by molar-refractivity contribution is -0.125. The average Bonchev–Trinajstić information content (AvgIpc) is 2.60. The molecule has 0 aliphatic carbocycles. The summed E-state index contributed by atoms with van der Waals surface area (Å²) in [6, 6.07) is 8.02. The van der Waals surface area contributed by atoms with Crippen molar-refractivity contribution in [2.75, 3.05) is 20.1 Å². The van der Waals surface area contributed by atoms with Crippen LogP contribution in [0.5, 0.6) is 0 Å². The summed E-state index contributed by atoms with van der Waals surface area (Å²) in [6.45, 7) is 11.2. The second-order valence-electron chi connectivity index (χ2n) is 7.29. The number of nitrogens with zero attached hydrogens (tertiary/aromatic N) is 1. The maximum atomic E-state index is 12.6. The zero-order valence-electron chi connectivity index (χ0n) is 15.7. The van der Waals surface area contributed by atoms with Gasteiger partial charge in [-0.1, -0.05) is 30.4 Å². The molecule has 1 aliphatic rings. The molecule has 1 fully saturated rings. The van der Waals surface area contributed by atoms with Crippen molar-refractivity contribution in [3.05, 3.63) is 42.0 Å². The Labute approximate surface area is 150 Å². The lowest BCUT2D eigenvalue weighted by Gasteiger charge is -2.35. The first-order chi connectivity index (χ1) is 11.7. The predicted molar refractivity (Wildman–Crippen MR) is 101 cm³/mol. The monoisotopic (exact) mass is 343 g/mol. The van der Waals surface area contributed by atoms with E-state index in [0.29, 0.717) is 25.9 Å². The highest BCUT2D eigenvalue weighted by Gasteiger charge is 2.30. The molecule has 5 nitrogen and oxygen atoms in total. The molecule has 5 heteroatoms. The summed E-state index contributed by atoms with van der Waals surface area (Å²) in [7, 11) is 1.66. The first kappa shape index (κ1) is 19.0. The molecular formula is C20H29N3O2. The summed E-state index contributed by atoms with van der Waals surface area (Å²) in [6.07, 6.45) is 1.41. The Morgan fingerprint density at radius 3 is 2.44 bits per heavy atom.